The van der Waals surface area contributed by atoms with Crippen LogP contribution in [0.4, 0.5) is 0 Å². The van der Waals surface area contributed by atoms with Crippen LogP contribution in [0.3, 0.4) is 0 Å². The molecule has 1 nitrogen and oxygen atoms in total. The molecule has 0 amide bonds. The minimum atomic E-state index is -0.0276. The number of hydrogen-bond donors (Lipinski definition) is 0. The van der Waals surface area contributed by atoms with Gasteiger partial charge in [0, 0.05) is 18.7 Å². The normalized spacial score (nSPS) is 21.6. The summed E-state index contributed by atoms with van der Waals surface area (Å²) in [7, 11) is 1.82. The van der Waals surface area contributed by atoms with Crippen LogP contribution in [0.5, 0.6) is 0 Å². The number of allylic oxidation sites excluding steroid dienone is 13. The van der Waals surface area contributed by atoms with Gasteiger partial charge in [0.1, 0.15) is 0 Å². The molecule has 0 fully saturated rings. The molecule has 3 atom stereocenters. The summed E-state index contributed by atoms with van der Waals surface area (Å²) in [5.74, 6) is 0.413. The lowest BCUT2D eigenvalue weighted by Crippen LogP contribution is -2.43. The van der Waals surface area contributed by atoms with E-state index in [0.29, 0.717) is 5.92 Å². The highest BCUT2D eigenvalue weighted by Gasteiger charge is 2.47. The molecule has 0 N–H and O–H groups in total. The van der Waals surface area contributed by atoms with E-state index in [4.69, 9.17) is 0 Å². The molecular weight excluding hydrogens is 410 g/mol. The van der Waals surface area contributed by atoms with Gasteiger partial charge >= 0.3 is 0 Å². The van der Waals surface area contributed by atoms with Crippen molar-refractivity contribution in [1.29, 1.82) is 0 Å². The minimum absolute atomic E-state index is 0.0175. The average molecular weight is 462 g/mol. The van der Waals surface area contributed by atoms with Crippen LogP contribution in [0.15, 0.2) is 88.0 Å². The Morgan fingerprint density at radius 1 is 1.15 bits per heavy atom. The van der Waals surface area contributed by atoms with E-state index < -0.39 is 0 Å². The molecule has 1 aliphatic rings. The lowest BCUT2D eigenvalue weighted by atomic mass is 9.53. The van der Waals surface area contributed by atoms with Crippen LogP contribution < -0.4 is 0 Å². The summed E-state index contributed by atoms with van der Waals surface area (Å²) in [6.45, 7) is 22.7. The Labute approximate surface area is 211 Å². The van der Waals surface area contributed by atoms with Crippen LogP contribution in [-0.4, -0.2) is 13.3 Å². The second-order valence-electron chi connectivity index (χ2n) is 10.4. The highest BCUT2D eigenvalue weighted by atomic mass is 14.6. The van der Waals surface area contributed by atoms with Crippen molar-refractivity contribution in [2.45, 2.75) is 93.9 Å². The smallest absolute Gasteiger partial charge is 0.0277 e. The molecule has 3 unspecified atom stereocenters. The third-order valence-corrected chi connectivity index (χ3v) is 7.93. The molecule has 0 saturated carbocycles. The van der Waals surface area contributed by atoms with Crippen molar-refractivity contribution in [3.8, 4) is 0 Å². The Morgan fingerprint density at radius 3 is 2.41 bits per heavy atom. The van der Waals surface area contributed by atoms with Crippen molar-refractivity contribution in [2.24, 2.45) is 21.7 Å². The van der Waals surface area contributed by atoms with Crippen LogP contribution in [0.2, 0.25) is 0 Å². The zero-order valence-corrected chi connectivity index (χ0v) is 23.7. The molecule has 0 radical (unpaired) electrons. The number of hydrogen-bond acceptors (Lipinski definition) is 1. The van der Waals surface area contributed by atoms with Crippen LogP contribution in [-0.2, 0) is 0 Å². The fraction of sp³-hybridized carbons (Fsp3) is 0.545. The van der Waals surface area contributed by atoms with Gasteiger partial charge in [-0.1, -0.05) is 81.4 Å². The van der Waals surface area contributed by atoms with Gasteiger partial charge in [0.05, 0.1) is 0 Å². The van der Waals surface area contributed by atoms with Gasteiger partial charge < -0.3 is 0 Å². The molecule has 0 bridgehead atoms. The largest absolute Gasteiger partial charge is 0.297 e. The Hall–Kier alpha value is -2.15. The molecule has 0 aromatic rings. The van der Waals surface area contributed by atoms with Gasteiger partial charge in [-0.15, -0.1) is 6.58 Å². The molecule has 0 saturated heterocycles. The van der Waals surface area contributed by atoms with Crippen molar-refractivity contribution in [2.75, 3.05) is 7.05 Å². The maximum absolute atomic E-state index is 4.23. The summed E-state index contributed by atoms with van der Waals surface area (Å²) >= 11 is 0. The molecule has 0 aromatic heterocycles. The van der Waals surface area contributed by atoms with Crippen molar-refractivity contribution >= 4 is 6.21 Å². The Bertz CT molecular complexity index is 886. The Kier molecular flexibility index (Phi) is 12.6. The van der Waals surface area contributed by atoms with Gasteiger partial charge in [-0.05, 0) is 100 Å². The van der Waals surface area contributed by atoms with Crippen LogP contribution in [0.25, 0.3) is 0 Å². The van der Waals surface area contributed by atoms with Crippen LogP contribution in [0.1, 0.15) is 93.9 Å². The van der Waals surface area contributed by atoms with E-state index in [-0.39, 0.29) is 10.8 Å². The summed E-state index contributed by atoms with van der Waals surface area (Å²) < 4.78 is 0. The molecule has 1 aliphatic carbocycles. The SMILES string of the molecule is C=C(C)CCC(C)(C=CC)C(C)(C=CCC)C1CC=CC(C/C=C\C=NC)=C1/C(C)=C(/C)CC. The number of nitrogens with zero attached hydrogens (tertiary/aromatic N) is 1. The molecular formula is C33H51N. The standard InChI is InChI=1S/C33H51N/c1-11-14-23-33(9,32(8,22-12-2)24-21-26(4)5)30-20-17-19-29(18-15-16-25-34-10)31(30)28(7)27(6)13-3/h12,14-17,19,22-23,25,30H,4,11,13,18,20-21,24H2,1-3,5-10H3/b16-15-,22-12?,23-14?,28-27-,34-25?. The van der Waals surface area contributed by atoms with E-state index in [1.165, 1.54) is 22.3 Å². The van der Waals surface area contributed by atoms with E-state index in [9.17, 15) is 0 Å². The van der Waals surface area contributed by atoms with Crippen LogP contribution >= 0.6 is 0 Å². The van der Waals surface area contributed by atoms with Gasteiger partial charge in [-0.3, -0.25) is 4.99 Å². The zero-order valence-electron chi connectivity index (χ0n) is 23.7. The summed E-state index contributed by atoms with van der Waals surface area (Å²) in [4.78, 5) is 4.11. The van der Waals surface area contributed by atoms with Gasteiger partial charge in [-0.25, -0.2) is 0 Å². The monoisotopic (exact) mass is 461 g/mol. The lowest BCUT2D eigenvalue weighted by molar-refractivity contribution is 0.108. The van der Waals surface area contributed by atoms with E-state index in [0.717, 1.165) is 38.5 Å². The molecule has 0 heterocycles. The van der Waals surface area contributed by atoms with Gasteiger partial charge in [0.15, 0.2) is 0 Å². The first-order valence-corrected chi connectivity index (χ1v) is 13.2. The van der Waals surface area contributed by atoms with Crippen molar-refractivity contribution < 1.29 is 0 Å². The first-order valence-electron chi connectivity index (χ1n) is 13.2. The maximum Gasteiger partial charge on any atom is 0.0277 e. The predicted molar refractivity (Wildman–Crippen MR) is 156 cm³/mol. The zero-order chi connectivity index (χ0) is 25.8. The van der Waals surface area contributed by atoms with Gasteiger partial charge in [0.2, 0.25) is 0 Å². The van der Waals surface area contributed by atoms with Gasteiger partial charge in [-0.2, -0.15) is 0 Å². The third-order valence-electron chi connectivity index (χ3n) is 7.93. The van der Waals surface area contributed by atoms with E-state index in [1.807, 2.05) is 13.3 Å². The first kappa shape index (κ1) is 29.9. The average Bonchev–Trinajstić information content (AvgIpc) is 2.82. The second-order valence-corrected chi connectivity index (χ2v) is 10.4. The van der Waals surface area contributed by atoms with Crippen molar-refractivity contribution in [3.05, 3.63) is 83.1 Å². The fourth-order valence-electron chi connectivity index (χ4n) is 5.28. The van der Waals surface area contributed by atoms with Crippen LogP contribution in [0, 0.1) is 16.7 Å². The predicted octanol–water partition coefficient (Wildman–Crippen LogP) is 10.2. The molecule has 1 heteroatoms. The molecule has 0 aromatic carbocycles. The molecule has 34 heavy (non-hydrogen) atoms. The van der Waals surface area contributed by atoms with E-state index >= 15 is 0 Å². The highest BCUT2D eigenvalue weighted by Crippen LogP contribution is 2.56. The fourth-order valence-corrected chi connectivity index (χ4v) is 5.28. The summed E-state index contributed by atoms with van der Waals surface area (Å²) in [6.07, 6.45) is 26.9. The van der Waals surface area contributed by atoms with E-state index in [1.54, 1.807) is 5.57 Å². The first-order chi connectivity index (χ1) is 16.1. The third kappa shape index (κ3) is 7.42. The Morgan fingerprint density at radius 2 is 1.85 bits per heavy atom. The molecule has 188 valence electrons. The topological polar surface area (TPSA) is 12.4 Å². The number of aliphatic imine (C=N–C) groups is 1. The Balaban J connectivity index is 3.86. The summed E-state index contributed by atoms with van der Waals surface area (Å²) in [6, 6.07) is 0. The second kappa shape index (κ2) is 14.3. The summed E-state index contributed by atoms with van der Waals surface area (Å²) in [5, 5.41) is 0. The van der Waals surface area contributed by atoms with E-state index in [2.05, 4.69) is 116 Å². The maximum atomic E-state index is 4.23. The van der Waals surface area contributed by atoms with Gasteiger partial charge in [0.25, 0.3) is 0 Å². The molecule has 1 rings (SSSR count). The van der Waals surface area contributed by atoms with Crippen molar-refractivity contribution in [3.63, 3.8) is 0 Å². The molecule has 0 spiro atoms. The minimum Gasteiger partial charge on any atom is -0.297 e. The summed E-state index contributed by atoms with van der Waals surface area (Å²) in [5.41, 5.74) is 7.21. The molecule has 0 aliphatic heterocycles. The quantitative estimate of drug-likeness (QED) is 0.191. The van der Waals surface area contributed by atoms with Crippen molar-refractivity contribution in [1.82, 2.24) is 0 Å². The lowest BCUT2D eigenvalue weighted by Gasteiger charge is -2.51. The number of rotatable bonds is 13. The highest BCUT2D eigenvalue weighted by molar-refractivity contribution is 5.70.